The van der Waals surface area contributed by atoms with Crippen molar-refractivity contribution in [1.82, 2.24) is 40.7 Å². The molecule has 6 N–H and O–H groups in total. The first-order chi connectivity index (χ1) is 39.4. The Morgan fingerprint density at radius 3 is 2.34 bits per heavy atom. The number of piperazine rings is 1. The third-order valence-electron chi connectivity index (χ3n) is 17.2. The number of halogens is 3. The minimum absolute atomic E-state index is 0.00766. The van der Waals surface area contributed by atoms with Gasteiger partial charge in [-0.3, -0.25) is 19.4 Å². The molecule has 11 rings (SSSR count). The van der Waals surface area contributed by atoms with Crippen LogP contribution in [0.15, 0.2) is 79.0 Å². The molecule has 4 saturated heterocycles. The summed E-state index contributed by atoms with van der Waals surface area (Å²) >= 11 is 6.41. The number of piperidine rings is 1. The van der Waals surface area contributed by atoms with Crippen molar-refractivity contribution in [3.8, 4) is 34.1 Å². The molecule has 6 aromatic rings. The number of carbonyl (C=O) groups is 3. The lowest BCUT2D eigenvalue weighted by Crippen LogP contribution is -2.58. The van der Waals surface area contributed by atoms with Crippen LogP contribution in [0.3, 0.4) is 0 Å². The second-order valence-electron chi connectivity index (χ2n) is 24.2. The molecule has 1 saturated carbocycles. The summed E-state index contributed by atoms with van der Waals surface area (Å²) in [6.07, 6.45) is 6.01. The van der Waals surface area contributed by atoms with Gasteiger partial charge < -0.3 is 55.4 Å². The number of anilines is 1. The van der Waals surface area contributed by atoms with Gasteiger partial charge in [-0.15, -0.1) is 0 Å². The normalized spacial score (nSPS) is 21.7. The quantitative estimate of drug-likeness (QED) is 0.0488. The number of amides is 3. The van der Waals surface area contributed by atoms with Crippen LogP contribution in [0.5, 0.6) is 11.8 Å². The summed E-state index contributed by atoms with van der Waals surface area (Å²) in [6, 6.07) is 18.4. The largest absolute Gasteiger partial charge is 0.508 e. The molecule has 0 radical (unpaired) electrons. The second kappa shape index (κ2) is 23.6. The average molecular weight is 1140 g/mol. The molecule has 5 aliphatic rings. The van der Waals surface area contributed by atoms with Gasteiger partial charge in [-0.1, -0.05) is 87.8 Å². The number of pyridine rings is 1. The smallest absolute Gasteiger partial charge is 0.319 e. The monoisotopic (exact) mass is 1140 g/mol. The molecule has 4 aromatic carbocycles. The zero-order chi connectivity index (χ0) is 57.6. The van der Waals surface area contributed by atoms with Crippen LogP contribution in [0, 0.1) is 22.5 Å². The number of ether oxygens (including phenoxy) is 2. The number of aromatic hydroxyl groups is 1. The highest BCUT2D eigenvalue weighted by Gasteiger charge is 2.47. The van der Waals surface area contributed by atoms with Crippen molar-refractivity contribution >= 4 is 56.8 Å². The van der Waals surface area contributed by atoms with Gasteiger partial charge in [0.15, 0.2) is 5.82 Å². The Labute approximate surface area is 480 Å². The van der Waals surface area contributed by atoms with Crippen molar-refractivity contribution in [2.24, 2.45) is 10.8 Å². The summed E-state index contributed by atoms with van der Waals surface area (Å²) in [5.74, 6) is -2.20. The maximum Gasteiger partial charge on any atom is 0.319 e. The van der Waals surface area contributed by atoms with Gasteiger partial charge in [-0.05, 0) is 102 Å². The molecule has 82 heavy (non-hydrogen) atoms. The minimum atomic E-state index is -1.04. The first-order valence-corrected chi connectivity index (χ1v) is 29.1. The number of nitrogens with one attached hydrogen (secondary N) is 3. The van der Waals surface area contributed by atoms with Crippen molar-refractivity contribution in [2.75, 3.05) is 64.0 Å². The number of fused-ring (bicyclic) bond motifs is 4. The van der Waals surface area contributed by atoms with Crippen LogP contribution in [0.4, 0.5) is 14.6 Å². The average Bonchev–Trinajstić information content (AvgIpc) is 2.11. The lowest BCUT2D eigenvalue weighted by Gasteiger charge is -2.36. The zero-order valence-corrected chi connectivity index (χ0v) is 47.5. The number of nitrogens with zero attached hydrogens (tertiary/aromatic N) is 6. The van der Waals surface area contributed by atoms with Gasteiger partial charge in [-0.25, -0.2) is 8.78 Å². The molecule has 6 heterocycles. The van der Waals surface area contributed by atoms with E-state index in [1.54, 1.807) is 30.5 Å². The van der Waals surface area contributed by atoms with E-state index in [1.165, 1.54) is 23.1 Å². The Hall–Kier alpha value is -6.61. The van der Waals surface area contributed by atoms with E-state index in [0.717, 1.165) is 56.4 Å². The van der Waals surface area contributed by atoms with Crippen molar-refractivity contribution in [3.63, 3.8) is 0 Å². The fourth-order valence-electron chi connectivity index (χ4n) is 12.6. The number of benzene rings is 4. The van der Waals surface area contributed by atoms with Gasteiger partial charge >= 0.3 is 6.01 Å². The summed E-state index contributed by atoms with van der Waals surface area (Å²) in [7, 11) is 0. The summed E-state index contributed by atoms with van der Waals surface area (Å²) in [4.78, 5) is 62.0. The number of aromatic nitrogens is 3. The molecule has 3 amide bonds. The van der Waals surface area contributed by atoms with Gasteiger partial charge in [0, 0.05) is 85.5 Å². The highest BCUT2D eigenvalue weighted by molar-refractivity contribution is 6.33. The number of aliphatic hydroxyl groups excluding tert-OH is 2. The number of aliphatic hydroxyl groups is 2. The molecule has 2 unspecified atom stereocenters. The topological polar surface area (TPSA) is 215 Å². The Morgan fingerprint density at radius 1 is 0.927 bits per heavy atom. The number of aryl methyl sites for hydroxylation is 1. The molecule has 20 heteroatoms. The van der Waals surface area contributed by atoms with Crippen LogP contribution in [-0.2, 0) is 25.5 Å². The number of rotatable bonds is 18. The van der Waals surface area contributed by atoms with Crippen molar-refractivity contribution < 1.29 is 48.0 Å². The summed E-state index contributed by atoms with van der Waals surface area (Å²) in [5, 5.41) is 43.4. The van der Waals surface area contributed by atoms with Crippen molar-refractivity contribution in [3.05, 3.63) is 107 Å². The molecular formula is C62H72ClF2N9O8. The van der Waals surface area contributed by atoms with E-state index in [2.05, 4.69) is 30.7 Å². The number of phenols is 1. The first-order valence-electron chi connectivity index (χ1n) is 28.7. The highest BCUT2D eigenvalue weighted by atomic mass is 35.5. The third kappa shape index (κ3) is 12.1. The lowest BCUT2D eigenvalue weighted by molar-refractivity contribution is -0.145. The summed E-state index contributed by atoms with van der Waals surface area (Å²) in [5.41, 5.74) is 2.06. The fraction of sp³-hybridized carbons (Fsp3) is 0.484. The predicted molar refractivity (Wildman–Crippen MR) is 308 cm³/mol. The van der Waals surface area contributed by atoms with E-state index < -0.39 is 65.6 Å². The van der Waals surface area contributed by atoms with E-state index in [0.29, 0.717) is 77.1 Å². The number of phenolic OH excluding ortho intramolecular Hbond substituents is 1. The van der Waals surface area contributed by atoms with Crippen LogP contribution in [0.2, 0.25) is 5.02 Å². The standard InChI is InChI=1S/C62H72ClF2N9O8/c1-5-43-48(64)17-14-37-24-40(76)25-45(52(37)43)54-53(65)55-46(27-66-54)57(73-28-38-15-16-39(29-73)67-38)71-60(70-55)82-34-62(20-21-62)33-72-22-18-42(19-23-72)81-32-51(78)69-56(61(2,3)4)59(80)74-30-41(77)26-50(74)58(79)68-49(31-75)36-12-10-35(11-13-36)44-8-6-7-9-47(44)63/h6-14,17,24-25,27,38-39,41-42,49-50,56,67,75-77H,5,15-16,18-23,26,28-34H2,1-4H3,(H,68,79)(H,69,78)/t38?,39?,41-,49+,50+,56-/m1/s1. The number of hydrogen-bond donors (Lipinski definition) is 6. The molecule has 2 aromatic heterocycles. The lowest BCUT2D eigenvalue weighted by atomic mass is 9.85. The van der Waals surface area contributed by atoms with Crippen LogP contribution in [0.1, 0.15) is 89.8 Å². The summed E-state index contributed by atoms with van der Waals surface area (Å²) < 4.78 is 45.1. The third-order valence-corrected chi connectivity index (χ3v) is 17.5. The highest BCUT2D eigenvalue weighted by Crippen LogP contribution is 2.47. The van der Waals surface area contributed by atoms with Gasteiger partial charge in [0.25, 0.3) is 0 Å². The number of likely N-dealkylation sites (tertiary alicyclic amines) is 2. The van der Waals surface area contributed by atoms with Gasteiger partial charge in [-0.2, -0.15) is 9.97 Å². The van der Waals surface area contributed by atoms with Crippen molar-refractivity contribution in [2.45, 2.75) is 121 Å². The fourth-order valence-corrected chi connectivity index (χ4v) is 12.8. The number of β-amino-alcohol motifs (C(OH)–C–C–N with tert-alkyl or cyclic N) is 1. The summed E-state index contributed by atoms with van der Waals surface area (Å²) in [6.45, 7) is 10.4. The van der Waals surface area contributed by atoms with Crippen LogP contribution >= 0.6 is 11.6 Å². The molecule has 1 aliphatic carbocycles. The molecular weight excluding hydrogens is 1070 g/mol. The Kier molecular flexibility index (Phi) is 16.4. The van der Waals surface area contributed by atoms with E-state index in [-0.39, 0.29) is 71.7 Å². The van der Waals surface area contributed by atoms with Gasteiger partial charge in [0.05, 0.1) is 36.8 Å². The van der Waals surface area contributed by atoms with E-state index in [9.17, 15) is 29.7 Å². The van der Waals surface area contributed by atoms with Crippen LogP contribution < -0.4 is 25.6 Å². The van der Waals surface area contributed by atoms with E-state index in [1.807, 2.05) is 58.0 Å². The molecule has 6 atom stereocenters. The minimum Gasteiger partial charge on any atom is -0.508 e. The molecule has 2 bridgehead atoms. The number of hydrogen-bond acceptors (Lipinski definition) is 14. The zero-order valence-electron chi connectivity index (χ0n) is 46.8. The van der Waals surface area contributed by atoms with Gasteiger partial charge in [0.2, 0.25) is 17.7 Å². The predicted octanol–water partition coefficient (Wildman–Crippen LogP) is 7.63. The Balaban J connectivity index is 0.704. The molecule has 17 nitrogen and oxygen atoms in total. The first kappa shape index (κ1) is 57.2. The van der Waals surface area contributed by atoms with Gasteiger partial charge in [0.1, 0.15) is 47.3 Å². The van der Waals surface area contributed by atoms with Crippen molar-refractivity contribution in [1.29, 1.82) is 0 Å². The molecule has 5 fully saturated rings. The molecule has 434 valence electrons. The maximum absolute atomic E-state index is 17.2. The Morgan fingerprint density at radius 2 is 1.66 bits per heavy atom. The SMILES string of the molecule is CCc1c(F)ccc2cc(O)cc(-c3ncc4c(N5CC6CCC(C5)N6)nc(OCC5(CN6CCC(OCC(=O)N[C@H](C(=O)N7C[C@H](O)C[C@H]7C(=O)N[C@@H](CO)c7ccc(-c8ccccc8Cl)cc7)C(C)(C)C)CC6)CC5)nc4c3F)c12. The second-order valence-corrected chi connectivity index (χ2v) is 24.6. The number of carbonyl (C=O) groups excluding carboxylic acids is 3. The Bertz CT molecular complexity index is 3360. The van der Waals surface area contributed by atoms with Crippen LogP contribution in [-0.4, -0.2) is 153 Å². The van der Waals surface area contributed by atoms with Crippen LogP contribution in [0.25, 0.3) is 44.1 Å². The molecule has 0 spiro atoms. The van der Waals surface area contributed by atoms with E-state index in [4.69, 9.17) is 31.0 Å². The van der Waals surface area contributed by atoms with E-state index >= 15 is 8.78 Å². The maximum atomic E-state index is 17.2. The molecule has 4 aliphatic heterocycles.